The number of nitrogens with zero attached hydrogens (tertiary/aromatic N) is 1. The van der Waals surface area contributed by atoms with Crippen LogP contribution in [0.25, 0.3) is 0 Å². The Labute approximate surface area is 106 Å². The van der Waals surface area contributed by atoms with Gasteiger partial charge in [0.05, 0.1) is 13.2 Å². The highest BCUT2D eigenvalue weighted by molar-refractivity contribution is 9.11. The number of rotatable bonds is 5. The molecule has 1 rings (SSSR count). The Hall–Kier alpha value is -0.550. The van der Waals surface area contributed by atoms with Crippen LogP contribution in [0.5, 0.6) is 0 Å². The molecule has 0 aliphatic carbocycles. The highest BCUT2D eigenvalue weighted by Gasteiger charge is 2.15. The predicted octanol–water partition coefficient (Wildman–Crippen LogP) is 1.49. The highest BCUT2D eigenvalue weighted by atomic mass is 79.9. The van der Waals surface area contributed by atoms with Crippen molar-refractivity contribution in [1.29, 1.82) is 0 Å². The molecule has 16 heavy (non-hydrogen) atoms. The van der Waals surface area contributed by atoms with Gasteiger partial charge in [0.25, 0.3) is 0 Å². The van der Waals surface area contributed by atoms with Gasteiger partial charge < -0.3 is 15.4 Å². The SMILES string of the molecule is C=C(Br)CN=C(NCC)NCC1CCOC1. The van der Waals surface area contributed by atoms with Crippen LogP contribution in [-0.4, -0.2) is 38.8 Å². The Bertz CT molecular complexity index is 250. The molecular weight excluding hydrogens is 270 g/mol. The van der Waals surface area contributed by atoms with Crippen LogP contribution in [0.1, 0.15) is 13.3 Å². The van der Waals surface area contributed by atoms with Crippen molar-refractivity contribution in [1.82, 2.24) is 10.6 Å². The van der Waals surface area contributed by atoms with Crippen LogP contribution in [0.2, 0.25) is 0 Å². The van der Waals surface area contributed by atoms with Crippen molar-refractivity contribution < 1.29 is 4.74 Å². The first-order valence-electron chi connectivity index (χ1n) is 5.65. The van der Waals surface area contributed by atoms with Crippen LogP contribution in [0, 0.1) is 5.92 Å². The number of halogens is 1. The van der Waals surface area contributed by atoms with E-state index in [1.54, 1.807) is 0 Å². The molecule has 0 aromatic carbocycles. The highest BCUT2D eigenvalue weighted by Crippen LogP contribution is 2.10. The molecule has 1 atom stereocenters. The second-order valence-corrected chi connectivity index (χ2v) is 4.94. The zero-order valence-corrected chi connectivity index (χ0v) is 11.3. The number of guanidine groups is 1. The lowest BCUT2D eigenvalue weighted by Crippen LogP contribution is -2.40. The summed E-state index contributed by atoms with van der Waals surface area (Å²) in [6, 6.07) is 0. The Morgan fingerprint density at radius 2 is 2.38 bits per heavy atom. The first-order valence-corrected chi connectivity index (χ1v) is 6.45. The van der Waals surface area contributed by atoms with Crippen molar-refractivity contribution >= 4 is 21.9 Å². The molecule has 0 aromatic rings. The second kappa shape index (κ2) is 7.68. The number of aliphatic imine (C=N–C) groups is 1. The molecule has 0 bridgehead atoms. The van der Waals surface area contributed by atoms with E-state index in [2.05, 4.69) is 45.1 Å². The van der Waals surface area contributed by atoms with Crippen molar-refractivity contribution in [3.05, 3.63) is 11.1 Å². The van der Waals surface area contributed by atoms with Gasteiger partial charge in [-0.15, -0.1) is 0 Å². The van der Waals surface area contributed by atoms with Gasteiger partial charge in [-0.05, 0) is 13.3 Å². The van der Waals surface area contributed by atoms with E-state index in [1.165, 1.54) is 0 Å². The maximum atomic E-state index is 5.33. The fourth-order valence-electron chi connectivity index (χ4n) is 1.49. The molecule has 1 heterocycles. The molecule has 0 saturated carbocycles. The smallest absolute Gasteiger partial charge is 0.191 e. The molecule has 1 saturated heterocycles. The summed E-state index contributed by atoms with van der Waals surface area (Å²) in [5, 5.41) is 6.51. The van der Waals surface area contributed by atoms with Gasteiger partial charge in [0.2, 0.25) is 0 Å². The first-order chi connectivity index (χ1) is 7.72. The first kappa shape index (κ1) is 13.5. The normalized spacial score (nSPS) is 20.9. The maximum absolute atomic E-state index is 5.33. The summed E-state index contributed by atoms with van der Waals surface area (Å²) in [5.74, 6) is 1.45. The summed E-state index contributed by atoms with van der Waals surface area (Å²) in [4.78, 5) is 4.38. The number of hydrogen-bond acceptors (Lipinski definition) is 2. The quantitative estimate of drug-likeness (QED) is 0.595. The molecule has 0 spiro atoms. The van der Waals surface area contributed by atoms with E-state index < -0.39 is 0 Å². The average Bonchev–Trinajstić information content (AvgIpc) is 2.75. The lowest BCUT2D eigenvalue weighted by Gasteiger charge is -2.13. The van der Waals surface area contributed by atoms with E-state index in [-0.39, 0.29) is 0 Å². The molecule has 1 fully saturated rings. The van der Waals surface area contributed by atoms with Gasteiger partial charge in [-0.2, -0.15) is 0 Å². The standard InChI is InChI=1S/C11H20BrN3O/c1-3-13-11(14-6-9(2)12)15-7-10-4-5-16-8-10/h10H,2-8H2,1H3,(H2,13,14,15). The number of hydrogen-bond donors (Lipinski definition) is 2. The molecule has 4 nitrogen and oxygen atoms in total. The van der Waals surface area contributed by atoms with Crippen LogP contribution >= 0.6 is 15.9 Å². The summed E-state index contributed by atoms with van der Waals surface area (Å²) >= 11 is 3.29. The third-order valence-corrected chi connectivity index (χ3v) is 2.59. The van der Waals surface area contributed by atoms with Gasteiger partial charge in [0.15, 0.2) is 5.96 Å². The van der Waals surface area contributed by atoms with Crippen LogP contribution in [0.15, 0.2) is 16.1 Å². The Balaban J connectivity index is 2.31. The molecule has 1 aliphatic heterocycles. The molecule has 2 N–H and O–H groups in total. The van der Waals surface area contributed by atoms with E-state index >= 15 is 0 Å². The van der Waals surface area contributed by atoms with Gasteiger partial charge in [0.1, 0.15) is 0 Å². The second-order valence-electron chi connectivity index (χ2n) is 3.82. The topological polar surface area (TPSA) is 45.7 Å². The molecule has 0 amide bonds. The molecule has 92 valence electrons. The lowest BCUT2D eigenvalue weighted by molar-refractivity contribution is 0.186. The summed E-state index contributed by atoms with van der Waals surface area (Å²) < 4.78 is 6.21. The number of ether oxygens (including phenoxy) is 1. The van der Waals surface area contributed by atoms with Crippen molar-refractivity contribution in [3.8, 4) is 0 Å². The zero-order valence-electron chi connectivity index (χ0n) is 9.76. The fraction of sp³-hybridized carbons (Fsp3) is 0.727. The third-order valence-electron chi connectivity index (χ3n) is 2.34. The van der Waals surface area contributed by atoms with Crippen LogP contribution in [0.3, 0.4) is 0 Å². The van der Waals surface area contributed by atoms with Crippen molar-refractivity contribution in [2.45, 2.75) is 13.3 Å². The number of nitrogens with one attached hydrogen (secondary N) is 2. The van der Waals surface area contributed by atoms with Crippen molar-refractivity contribution in [2.24, 2.45) is 10.9 Å². The Kier molecular flexibility index (Phi) is 6.49. The maximum Gasteiger partial charge on any atom is 0.191 e. The van der Waals surface area contributed by atoms with Gasteiger partial charge in [-0.25, -0.2) is 4.99 Å². The summed E-state index contributed by atoms with van der Waals surface area (Å²) in [6.07, 6.45) is 1.14. The van der Waals surface area contributed by atoms with Gasteiger partial charge in [0, 0.05) is 30.1 Å². The zero-order chi connectivity index (χ0) is 11.8. The molecule has 5 heteroatoms. The van der Waals surface area contributed by atoms with Gasteiger partial charge in [-0.3, -0.25) is 0 Å². The molecule has 1 aliphatic rings. The Morgan fingerprint density at radius 3 is 2.94 bits per heavy atom. The largest absolute Gasteiger partial charge is 0.381 e. The third kappa shape index (κ3) is 5.51. The molecular formula is C11H20BrN3O. The van der Waals surface area contributed by atoms with Crippen molar-refractivity contribution in [2.75, 3.05) is 32.8 Å². The van der Waals surface area contributed by atoms with E-state index in [0.717, 1.165) is 43.2 Å². The average molecular weight is 290 g/mol. The minimum atomic E-state index is 0.594. The fourth-order valence-corrected chi connectivity index (χ4v) is 1.62. The molecule has 1 unspecified atom stereocenters. The van der Waals surface area contributed by atoms with Crippen LogP contribution < -0.4 is 10.6 Å². The summed E-state index contributed by atoms with van der Waals surface area (Å²) in [6.45, 7) is 9.93. The van der Waals surface area contributed by atoms with Crippen LogP contribution in [-0.2, 0) is 4.74 Å². The monoisotopic (exact) mass is 289 g/mol. The summed E-state index contributed by atoms with van der Waals surface area (Å²) in [5.41, 5.74) is 0. The minimum Gasteiger partial charge on any atom is -0.381 e. The van der Waals surface area contributed by atoms with Gasteiger partial charge in [-0.1, -0.05) is 22.5 Å². The minimum absolute atomic E-state index is 0.594. The van der Waals surface area contributed by atoms with Crippen molar-refractivity contribution in [3.63, 3.8) is 0 Å². The summed E-state index contributed by atoms with van der Waals surface area (Å²) in [7, 11) is 0. The lowest BCUT2D eigenvalue weighted by atomic mass is 10.1. The van der Waals surface area contributed by atoms with E-state index in [0.29, 0.717) is 12.5 Å². The van der Waals surface area contributed by atoms with E-state index in [4.69, 9.17) is 4.74 Å². The predicted molar refractivity (Wildman–Crippen MR) is 71.0 cm³/mol. The van der Waals surface area contributed by atoms with E-state index in [1.807, 2.05) is 0 Å². The van der Waals surface area contributed by atoms with E-state index in [9.17, 15) is 0 Å². The Morgan fingerprint density at radius 1 is 1.56 bits per heavy atom. The van der Waals surface area contributed by atoms with Crippen LogP contribution in [0.4, 0.5) is 0 Å². The van der Waals surface area contributed by atoms with Gasteiger partial charge >= 0.3 is 0 Å². The molecule has 0 radical (unpaired) electrons. The molecule has 0 aromatic heterocycles.